The lowest BCUT2D eigenvalue weighted by Gasteiger charge is -2.09. The van der Waals surface area contributed by atoms with Crippen LogP contribution < -0.4 is 14.8 Å². The van der Waals surface area contributed by atoms with Crippen molar-refractivity contribution in [1.29, 1.82) is 0 Å². The van der Waals surface area contributed by atoms with E-state index in [2.05, 4.69) is 24.1 Å². The highest BCUT2D eigenvalue weighted by molar-refractivity contribution is 7.13. The standard InChI is InChI=1S/C15H18N2O3S/c1-10(2)11-9-21-15(16-11)17-14(18)8-20-13-7-5-4-6-12(13)19-3/h4-7,9-10H,8H2,1-3H3,(H,16,17,18). The fourth-order valence-corrected chi connectivity index (χ4v) is 2.53. The van der Waals surface area contributed by atoms with Crippen LogP contribution in [0.25, 0.3) is 0 Å². The zero-order valence-electron chi connectivity index (χ0n) is 12.3. The minimum atomic E-state index is -0.245. The minimum absolute atomic E-state index is 0.0863. The number of thiazole rings is 1. The molecule has 0 aliphatic heterocycles. The Labute approximate surface area is 127 Å². The summed E-state index contributed by atoms with van der Waals surface area (Å²) < 4.78 is 10.6. The average Bonchev–Trinajstić information content (AvgIpc) is 2.94. The molecule has 1 heterocycles. The lowest BCUT2D eigenvalue weighted by atomic mass is 10.2. The first kappa shape index (κ1) is 15.3. The third-order valence-electron chi connectivity index (χ3n) is 2.79. The summed E-state index contributed by atoms with van der Waals surface area (Å²) in [5, 5.41) is 5.26. The Morgan fingerprint density at radius 1 is 1.33 bits per heavy atom. The van der Waals surface area contributed by atoms with Crippen LogP contribution in [0.3, 0.4) is 0 Å². The van der Waals surface area contributed by atoms with Crippen LogP contribution in [0, 0.1) is 0 Å². The van der Waals surface area contributed by atoms with Crippen molar-refractivity contribution in [3.05, 3.63) is 35.3 Å². The summed E-state index contributed by atoms with van der Waals surface area (Å²) in [5.74, 6) is 1.24. The number of carbonyl (C=O) groups is 1. The molecule has 1 N–H and O–H groups in total. The number of ether oxygens (including phenoxy) is 2. The van der Waals surface area contributed by atoms with Crippen molar-refractivity contribution in [3.8, 4) is 11.5 Å². The molecule has 112 valence electrons. The number of para-hydroxylation sites is 2. The predicted molar refractivity (Wildman–Crippen MR) is 83.3 cm³/mol. The molecule has 2 rings (SSSR count). The van der Waals surface area contributed by atoms with Crippen LogP contribution in [0.2, 0.25) is 0 Å². The SMILES string of the molecule is COc1ccccc1OCC(=O)Nc1nc(C(C)C)cs1. The van der Waals surface area contributed by atoms with E-state index in [9.17, 15) is 4.79 Å². The molecule has 1 aromatic heterocycles. The lowest BCUT2D eigenvalue weighted by Crippen LogP contribution is -2.20. The zero-order chi connectivity index (χ0) is 15.2. The molecule has 0 aliphatic carbocycles. The summed E-state index contributed by atoms with van der Waals surface area (Å²) in [6.45, 7) is 4.04. The Morgan fingerprint density at radius 2 is 2.05 bits per heavy atom. The van der Waals surface area contributed by atoms with Crippen molar-refractivity contribution in [2.24, 2.45) is 0 Å². The first-order valence-corrected chi connectivity index (χ1v) is 7.49. The maximum absolute atomic E-state index is 11.9. The van der Waals surface area contributed by atoms with Crippen molar-refractivity contribution >= 4 is 22.4 Å². The number of aromatic nitrogens is 1. The Morgan fingerprint density at radius 3 is 2.67 bits per heavy atom. The maximum Gasteiger partial charge on any atom is 0.264 e. The number of nitrogens with one attached hydrogen (secondary N) is 1. The third kappa shape index (κ3) is 4.19. The molecule has 0 radical (unpaired) electrons. The van der Waals surface area contributed by atoms with Gasteiger partial charge in [0.05, 0.1) is 12.8 Å². The van der Waals surface area contributed by atoms with Crippen LogP contribution in [0.15, 0.2) is 29.6 Å². The molecule has 2 aromatic rings. The number of rotatable bonds is 6. The lowest BCUT2D eigenvalue weighted by molar-refractivity contribution is -0.118. The van der Waals surface area contributed by atoms with Gasteiger partial charge in [-0.2, -0.15) is 0 Å². The first-order valence-electron chi connectivity index (χ1n) is 6.61. The second-order valence-electron chi connectivity index (χ2n) is 4.72. The van der Waals surface area contributed by atoms with Gasteiger partial charge in [-0.1, -0.05) is 26.0 Å². The van der Waals surface area contributed by atoms with E-state index in [-0.39, 0.29) is 12.5 Å². The second-order valence-corrected chi connectivity index (χ2v) is 5.58. The molecule has 1 amide bonds. The van der Waals surface area contributed by atoms with Gasteiger partial charge in [0.15, 0.2) is 23.2 Å². The average molecular weight is 306 g/mol. The molecule has 0 saturated heterocycles. The monoisotopic (exact) mass is 306 g/mol. The molecule has 0 atom stereocenters. The van der Waals surface area contributed by atoms with Gasteiger partial charge >= 0.3 is 0 Å². The number of carbonyl (C=O) groups excluding carboxylic acids is 1. The molecule has 0 fully saturated rings. The molecular formula is C15H18N2O3S. The van der Waals surface area contributed by atoms with Crippen LogP contribution in [0.4, 0.5) is 5.13 Å². The van der Waals surface area contributed by atoms with E-state index in [1.165, 1.54) is 11.3 Å². The van der Waals surface area contributed by atoms with Gasteiger partial charge in [0.1, 0.15) is 0 Å². The van der Waals surface area contributed by atoms with Gasteiger partial charge in [-0.15, -0.1) is 11.3 Å². The van der Waals surface area contributed by atoms with E-state index < -0.39 is 0 Å². The Bertz CT molecular complexity index is 610. The van der Waals surface area contributed by atoms with Gasteiger partial charge in [0, 0.05) is 5.38 Å². The molecule has 21 heavy (non-hydrogen) atoms. The highest BCUT2D eigenvalue weighted by atomic mass is 32.1. The van der Waals surface area contributed by atoms with E-state index in [1.54, 1.807) is 19.2 Å². The van der Waals surface area contributed by atoms with Gasteiger partial charge in [0.25, 0.3) is 5.91 Å². The Balaban J connectivity index is 1.89. The van der Waals surface area contributed by atoms with E-state index in [0.717, 1.165) is 5.69 Å². The maximum atomic E-state index is 11.9. The van der Waals surface area contributed by atoms with Crippen molar-refractivity contribution in [3.63, 3.8) is 0 Å². The summed E-state index contributed by atoms with van der Waals surface area (Å²) in [5.41, 5.74) is 0.973. The summed E-state index contributed by atoms with van der Waals surface area (Å²) in [7, 11) is 1.56. The molecule has 0 saturated carbocycles. The Hall–Kier alpha value is -2.08. The molecule has 0 unspecified atom stereocenters. The highest BCUT2D eigenvalue weighted by Gasteiger charge is 2.10. The van der Waals surface area contributed by atoms with Gasteiger partial charge in [0.2, 0.25) is 0 Å². The third-order valence-corrected chi connectivity index (χ3v) is 3.56. The van der Waals surface area contributed by atoms with Crippen molar-refractivity contribution in [2.75, 3.05) is 19.0 Å². The number of nitrogens with zero attached hydrogens (tertiary/aromatic N) is 1. The van der Waals surface area contributed by atoms with E-state index in [0.29, 0.717) is 22.5 Å². The second kappa shape index (κ2) is 7.08. The van der Waals surface area contributed by atoms with Gasteiger partial charge in [-0.25, -0.2) is 4.98 Å². The Kier molecular flexibility index (Phi) is 5.16. The van der Waals surface area contributed by atoms with Gasteiger partial charge in [-0.05, 0) is 18.1 Å². The molecular weight excluding hydrogens is 288 g/mol. The first-order chi connectivity index (χ1) is 10.1. The molecule has 1 aromatic carbocycles. The fourth-order valence-electron chi connectivity index (χ4n) is 1.65. The summed E-state index contributed by atoms with van der Waals surface area (Å²) in [6.07, 6.45) is 0. The zero-order valence-corrected chi connectivity index (χ0v) is 13.1. The smallest absolute Gasteiger partial charge is 0.264 e. The number of methoxy groups -OCH3 is 1. The van der Waals surface area contributed by atoms with E-state index in [1.807, 2.05) is 17.5 Å². The van der Waals surface area contributed by atoms with Crippen LogP contribution in [0.5, 0.6) is 11.5 Å². The molecule has 0 spiro atoms. The fraction of sp³-hybridized carbons (Fsp3) is 0.333. The number of benzene rings is 1. The topological polar surface area (TPSA) is 60.5 Å². The normalized spacial score (nSPS) is 10.5. The molecule has 5 nitrogen and oxygen atoms in total. The van der Waals surface area contributed by atoms with Crippen molar-refractivity contribution in [1.82, 2.24) is 4.98 Å². The van der Waals surface area contributed by atoms with Crippen molar-refractivity contribution in [2.45, 2.75) is 19.8 Å². The number of amides is 1. The van der Waals surface area contributed by atoms with Crippen LogP contribution in [-0.4, -0.2) is 24.6 Å². The van der Waals surface area contributed by atoms with Crippen LogP contribution in [-0.2, 0) is 4.79 Å². The van der Waals surface area contributed by atoms with Gasteiger partial charge < -0.3 is 9.47 Å². The van der Waals surface area contributed by atoms with E-state index in [4.69, 9.17) is 9.47 Å². The number of hydrogen-bond acceptors (Lipinski definition) is 5. The number of anilines is 1. The molecule has 0 aliphatic rings. The molecule has 6 heteroatoms. The van der Waals surface area contributed by atoms with Crippen LogP contribution >= 0.6 is 11.3 Å². The van der Waals surface area contributed by atoms with Gasteiger partial charge in [-0.3, -0.25) is 10.1 Å². The molecule has 0 bridgehead atoms. The highest BCUT2D eigenvalue weighted by Crippen LogP contribution is 2.26. The summed E-state index contributed by atoms with van der Waals surface area (Å²) >= 11 is 1.41. The minimum Gasteiger partial charge on any atom is -0.493 e. The summed E-state index contributed by atoms with van der Waals surface area (Å²) in [6, 6.07) is 7.20. The summed E-state index contributed by atoms with van der Waals surface area (Å²) in [4.78, 5) is 16.2. The van der Waals surface area contributed by atoms with Crippen molar-refractivity contribution < 1.29 is 14.3 Å². The quantitative estimate of drug-likeness (QED) is 0.889. The predicted octanol–water partition coefficient (Wildman–Crippen LogP) is 3.29. The van der Waals surface area contributed by atoms with Crippen LogP contribution in [0.1, 0.15) is 25.5 Å². The van der Waals surface area contributed by atoms with E-state index >= 15 is 0 Å². The largest absolute Gasteiger partial charge is 0.493 e. The number of hydrogen-bond donors (Lipinski definition) is 1.